The molecule has 0 fully saturated rings. The minimum absolute atomic E-state index is 0.215. The Labute approximate surface area is 115 Å². The highest BCUT2D eigenvalue weighted by Gasteiger charge is 2.05. The molecule has 2 rings (SSSR count). The van der Waals surface area contributed by atoms with Crippen LogP contribution < -0.4 is 5.73 Å². The van der Waals surface area contributed by atoms with Gasteiger partial charge < -0.3 is 5.73 Å². The van der Waals surface area contributed by atoms with Crippen molar-refractivity contribution in [2.75, 3.05) is 0 Å². The summed E-state index contributed by atoms with van der Waals surface area (Å²) in [4.78, 5) is 4.28. The molecule has 1 aromatic heterocycles. The van der Waals surface area contributed by atoms with Gasteiger partial charge >= 0.3 is 0 Å². The van der Waals surface area contributed by atoms with Gasteiger partial charge in [0, 0.05) is 18.4 Å². The zero-order valence-corrected chi connectivity index (χ0v) is 11.5. The maximum absolute atomic E-state index is 6.20. The SMILES string of the molecule is CCc1cncc(CC[C@H](N)Cc2ccccc2)c1. The second-order valence-corrected chi connectivity index (χ2v) is 5.04. The summed E-state index contributed by atoms with van der Waals surface area (Å²) < 4.78 is 0. The Morgan fingerprint density at radius 1 is 1.05 bits per heavy atom. The van der Waals surface area contributed by atoms with Crippen molar-refractivity contribution in [3.8, 4) is 0 Å². The first kappa shape index (κ1) is 13.8. The first-order valence-electron chi connectivity index (χ1n) is 7.00. The predicted octanol–water partition coefficient (Wildman–Crippen LogP) is 3.15. The van der Waals surface area contributed by atoms with Crippen molar-refractivity contribution in [2.24, 2.45) is 5.73 Å². The molecular weight excluding hydrogens is 232 g/mol. The molecule has 1 aromatic carbocycles. The fourth-order valence-corrected chi connectivity index (χ4v) is 2.24. The molecule has 1 atom stereocenters. The van der Waals surface area contributed by atoms with Gasteiger partial charge in [-0.05, 0) is 42.4 Å². The molecule has 19 heavy (non-hydrogen) atoms. The molecule has 0 bridgehead atoms. The number of aromatic nitrogens is 1. The average molecular weight is 254 g/mol. The van der Waals surface area contributed by atoms with Crippen molar-refractivity contribution in [2.45, 2.75) is 38.6 Å². The molecule has 2 N–H and O–H groups in total. The van der Waals surface area contributed by atoms with E-state index in [4.69, 9.17) is 5.73 Å². The van der Waals surface area contributed by atoms with Crippen LogP contribution in [0, 0.1) is 0 Å². The van der Waals surface area contributed by atoms with Crippen LogP contribution in [0.4, 0.5) is 0 Å². The van der Waals surface area contributed by atoms with Crippen LogP contribution in [0.15, 0.2) is 48.8 Å². The largest absolute Gasteiger partial charge is 0.327 e. The molecule has 0 unspecified atom stereocenters. The third-order valence-corrected chi connectivity index (χ3v) is 3.40. The molecule has 100 valence electrons. The van der Waals surface area contributed by atoms with E-state index in [2.05, 4.69) is 42.2 Å². The molecule has 2 nitrogen and oxygen atoms in total. The predicted molar refractivity (Wildman–Crippen MR) is 80.1 cm³/mol. The Morgan fingerprint density at radius 2 is 1.79 bits per heavy atom. The van der Waals surface area contributed by atoms with E-state index in [9.17, 15) is 0 Å². The lowest BCUT2D eigenvalue weighted by Gasteiger charge is -2.11. The van der Waals surface area contributed by atoms with E-state index in [0.717, 1.165) is 25.7 Å². The van der Waals surface area contributed by atoms with Crippen LogP contribution in [0.1, 0.15) is 30.0 Å². The van der Waals surface area contributed by atoms with Crippen molar-refractivity contribution in [3.63, 3.8) is 0 Å². The van der Waals surface area contributed by atoms with E-state index in [-0.39, 0.29) is 6.04 Å². The van der Waals surface area contributed by atoms with E-state index in [1.54, 1.807) is 0 Å². The Bertz CT molecular complexity index is 494. The smallest absolute Gasteiger partial charge is 0.0300 e. The van der Waals surface area contributed by atoms with E-state index in [1.165, 1.54) is 16.7 Å². The fraction of sp³-hybridized carbons (Fsp3) is 0.353. The summed E-state index contributed by atoms with van der Waals surface area (Å²) in [6, 6.07) is 12.9. The molecular formula is C17H22N2. The van der Waals surface area contributed by atoms with Gasteiger partial charge in [0.05, 0.1) is 0 Å². The number of rotatable bonds is 6. The Kier molecular flexibility index (Phi) is 5.10. The molecule has 0 saturated carbocycles. The van der Waals surface area contributed by atoms with E-state index in [1.807, 2.05) is 18.5 Å². The van der Waals surface area contributed by atoms with Crippen LogP contribution >= 0.6 is 0 Å². The van der Waals surface area contributed by atoms with Gasteiger partial charge in [0.1, 0.15) is 0 Å². The molecule has 1 heterocycles. The standard InChI is InChI=1S/C17H22N2/c1-2-14-10-16(13-19-12-14)8-9-17(18)11-15-6-4-3-5-7-15/h3-7,10,12-13,17H,2,8-9,11,18H2,1H3/t17-/m0/s1. The zero-order valence-electron chi connectivity index (χ0n) is 11.5. The van der Waals surface area contributed by atoms with E-state index >= 15 is 0 Å². The summed E-state index contributed by atoms with van der Waals surface area (Å²) in [7, 11) is 0. The lowest BCUT2D eigenvalue weighted by atomic mass is 10.00. The van der Waals surface area contributed by atoms with Gasteiger partial charge in [-0.2, -0.15) is 0 Å². The first-order chi connectivity index (χ1) is 9.28. The maximum atomic E-state index is 6.20. The lowest BCUT2D eigenvalue weighted by Crippen LogP contribution is -2.23. The number of hydrogen-bond acceptors (Lipinski definition) is 2. The van der Waals surface area contributed by atoms with Crippen molar-refractivity contribution in [3.05, 3.63) is 65.5 Å². The fourth-order valence-electron chi connectivity index (χ4n) is 2.24. The van der Waals surface area contributed by atoms with Gasteiger partial charge in [0.2, 0.25) is 0 Å². The van der Waals surface area contributed by atoms with Crippen LogP contribution in [0.3, 0.4) is 0 Å². The molecule has 0 radical (unpaired) electrons. The minimum Gasteiger partial charge on any atom is -0.327 e. The van der Waals surface area contributed by atoms with Crippen LogP contribution in [0.5, 0.6) is 0 Å². The highest BCUT2D eigenvalue weighted by atomic mass is 14.6. The molecule has 0 aliphatic heterocycles. The number of nitrogens with two attached hydrogens (primary N) is 1. The second-order valence-electron chi connectivity index (χ2n) is 5.04. The Balaban J connectivity index is 1.84. The van der Waals surface area contributed by atoms with Gasteiger partial charge in [-0.15, -0.1) is 0 Å². The summed E-state index contributed by atoms with van der Waals surface area (Å²) in [5, 5.41) is 0. The number of aryl methyl sites for hydroxylation is 2. The normalized spacial score (nSPS) is 12.3. The Hall–Kier alpha value is -1.67. The highest BCUT2D eigenvalue weighted by molar-refractivity contribution is 5.19. The minimum atomic E-state index is 0.215. The molecule has 0 saturated heterocycles. The van der Waals surface area contributed by atoms with Crippen molar-refractivity contribution in [1.29, 1.82) is 0 Å². The summed E-state index contributed by atoms with van der Waals surface area (Å²) >= 11 is 0. The zero-order chi connectivity index (χ0) is 13.5. The number of nitrogens with zero attached hydrogens (tertiary/aromatic N) is 1. The summed E-state index contributed by atoms with van der Waals surface area (Å²) in [5.74, 6) is 0. The molecule has 0 spiro atoms. The van der Waals surface area contributed by atoms with Crippen LogP contribution in [0.2, 0.25) is 0 Å². The first-order valence-corrected chi connectivity index (χ1v) is 7.00. The number of pyridine rings is 1. The Morgan fingerprint density at radius 3 is 2.53 bits per heavy atom. The third-order valence-electron chi connectivity index (χ3n) is 3.40. The molecule has 0 aliphatic carbocycles. The molecule has 2 aromatic rings. The van der Waals surface area contributed by atoms with Gasteiger partial charge in [-0.1, -0.05) is 43.3 Å². The van der Waals surface area contributed by atoms with Gasteiger partial charge in [-0.25, -0.2) is 0 Å². The summed E-state index contributed by atoms with van der Waals surface area (Å²) in [5.41, 5.74) is 10.1. The van der Waals surface area contributed by atoms with Crippen LogP contribution in [-0.2, 0) is 19.3 Å². The monoisotopic (exact) mass is 254 g/mol. The topological polar surface area (TPSA) is 38.9 Å². The van der Waals surface area contributed by atoms with Crippen LogP contribution in [-0.4, -0.2) is 11.0 Å². The molecule has 0 amide bonds. The third kappa shape index (κ3) is 4.49. The lowest BCUT2D eigenvalue weighted by molar-refractivity contribution is 0.609. The average Bonchev–Trinajstić information content (AvgIpc) is 2.46. The second kappa shape index (κ2) is 7.05. The van der Waals surface area contributed by atoms with Crippen molar-refractivity contribution in [1.82, 2.24) is 4.98 Å². The summed E-state index contributed by atoms with van der Waals surface area (Å²) in [6.45, 7) is 2.15. The number of hydrogen-bond donors (Lipinski definition) is 1. The number of benzene rings is 1. The van der Waals surface area contributed by atoms with Crippen molar-refractivity contribution < 1.29 is 0 Å². The van der Waals surface area contributed by atoms with E-state index in [0.29, 0.717) is 0 Å². The summed E-state index contributed by atoms with van der Waals surface area (Å²) in [6.07, 6.45) is 7.89. The van der Waals surface area contributed by atoms with Gasteiger partial charge in [-0.3, -0.25) is 4.98 Å². The quantitative estimate of drug-likeness (QED) is 0.860. The maximum Gasteiger partial charge on any atom is 0.0300 e. The van der Waals surface area contributed by atoms with Crippen LogP contribution in [0.25, 0.3) is 0 Å². The van der Waals surface area contributed by atoms with Gasteiger partial charge in [0.15, 0.2) is 0 Å². The van der Waals surface area contributed by atoms with Crippen molar-refractivity contribution >= 4 is 0 Å². The van der Waals surface area contributed by atoms with E-state index < -0.39 is 0 Å². The molecule has 2 heteroatoms. The molecule has 0 aliphatic rings. The highest BCUT2D eigenvalue weighted by Crippen LogP contribution is 2.10. The van der Waals surface area contributed by atoms with Gasteiger partial charge in [0.25, 0.3) is 0 Å².